The predicted molar refractivity (Wildman–Crippen MR) is 109 cm³/mol. The summed E-state index contributed by atoms with van der Waals surface area (Å²) in [5.41, 5.74) is 8.68. The number of pyridine rings is 1. The first-order valence-corrected chi connectivity index (χ1v) is 9.37. The lowest BCUT2D eigenvalue weighted by Crippen LogP contribution is -2.23. The predicted octanol–water partition coefficient (Wildman–Crippen LogP) is 4.40. The van der Waals surface area contributed by atoms with Crippen molar-refractivity contribution in [2.75, 3.05) is 6.54 Å². The van der Waals surface area contributed by atoms with Crippen LogP contribution in [-0.2, 0) is 11.3 Å². The topological polar surface area (TPSA) is 70.1 Å². The number of carbonyl (C=O) groups is 1. The Bertz CT molecular complexity index is 924. The average molecular weight is 365 g/mol. The van der Waals surface area contributed by atoms with Crippen LogP contribution in [0.25, 0.3) is 22.2 Å². The third-order valence-electron chi connectivity index (χ3n) is 4.31. The molecule has 0 aliphatic rings. The SMILES string of the molecule is CC(C)(C)OC(=O)c1ccc2c(-c3ccccn3)cn(CCCCN)c2c1. The van der Waals surface area contributed by atoms with Crippen molar-refractivity contribution in [1.82, 2.24) is 9.55 Å². The molecule has 5 heteroatoms. The average Bonchev–Trinajstić information content (AvgIpc) is 2.99. The maximum atomic E-state index is 12.5. The Morgan fingerprint density at radius 3 is 2.67 bits per heavy atom. The minimum atomic E-state index is -0.520. The Kier molecular flexibility index (Phi) is 5.61. The monoisotopic (exact) mass is 365 g/mol. The van der Waals surface area contributed by atoms with Gasteiger partial charge in [0, 0.05) is 35.4 Å². The van der Waals surface area contributed by atoms with Crippen LogP contribution in [0.2, 0.25) is 0 Å². The fraction of sp³-hybridized carbons (Fsp3) is 0.364. The van der Waals surface area contributed by atoms with Crippen LogP contribution in [-0.4, -0.2) is 27.7 Å². The zero-order valence-corrected chi connectivity index (χ0v) is 16.2. The lowest BCUT2D eigenvalue weighted by molar-refractivity contribution is 0.00697. The first-order valence-electron chi connectivity index (χ1n) is 9.37. The van der Waals surface area contributed by atoms with Gasteiger partial charge in [0.15, 0.2) is 0 Å². The van der Waals surface area contributed by atoms with Gasteiger partial charge in [0.25, 0.3) is 0 Å². The molecule has 0 fully saturated rings. The Morgan fingerprint density at radius 1 is 1.19 bits per heavy atom. The fourth-order valence-electron chi connectivity index (χ4n) is 3.09. The van der Waals surface area contributed by atoms with Gasteiger partial charge in [0.2, 0.25) is 0 Å². The van der Waals surface area contributed by atoms with Crippen LogP contribution in [0.5, 0.6) is 0 Å². The van der Waals surface area contributed by atoms with E-state index in [2.05, 4.69) is 15.7 Å². The standard InChI is InChI=1S/C22H27N3O2/c1-22(2,3)27-21(26)16-9-10-17-18(19-8-4-6-12-24-19)15-25(20(17)14-16)13-7-5-11-23/h4,6,8-10,12,14-15H,5,7,11,13,23H2,1-3H3. The van der Waals surface area contributed by atoms with Crippen molar-refractivity contribution in [3.8, 4) is 11.3 Å². The van der Waals surface area contributed by atoms with Gasteiger partial charge in [-0.25, -0.2) is 4.79 Å². The second-order valence-electron chi connectivity index (χ2n) is 7.68. The molecular formula is C22H27N3O2. The van der Waals surface area contributed by atoms with Crippen LogP contribution in [0.15, 0.2) is 48.8 Å². The number of aryl methyl sites for hydroxylation is 1. The van der Waals surface area contributed by atoms with Crippen LogP contribution in [0.3, 0.4) is 0 Å². The number of nitrogens with two attached hydrogens (primary N) is 1. The summed E-state index contributed by atoms with van der Waals surface area (Å²) in [4.78, 5) is 17.0. The summed E-state index contributed by atoms with van der Waals surface area (Å²) in [5, 5.41) is 1.08. The highest BCUT2D eigenvalue weighted by Gasteiger charge is 2.19. The smallest absolute Gasteiger partial charge is 0.338 e. The van der Waals surface area contributed by atoms with Crippen molar-refractivity contribution in [2.24, 2.45) is 5.73 Å². The molecule has 0 radical (unpaired) electrons. The first-order chi connectivity index (χ1) is 12.9. The fourth-order valence-corrected chi connectivity index (χ4v) is 3.09. The minimum Gasteiger partial charge on any atom is -0.456 e. The largest absolute Gasteiger partial charge is 0.456 e. The number of esters is 1. The maximum absolute atomic E-state index is 12.5. The summed E-state index contributed by atoms with van der Waals surface area (Å²) in [6.07, 6.45) is 5.85. The molecule has 2 heterocycles. The molecule has 3 rings (SSSR count). The maximum Gasteiger partial charge on any atom is 0.338 e. The van der Waals surface area contributed by atoms with Gasteiger partial charge in [-0.3, -0.25) is 4.98 Å². The molecule has 1 aromatic carbocycles. The third kappa shape index (κ3) is 4.55. The normalized spacial score (nSPS) is 11.7. The lowest BCUT2D eigenvalue weighted by atomic mass is 10.1. The number of benzene rings is 1. The van der Waals surface area contributed by atoms with Crippen molar-refractivity contribution in [1.29, 1.82) is 0 Å². The van der Waals surface area contributed by atoms with Gasteiger partial charge in [-0.15, -0.1) is 0 Å². The molecule has 3 aromatic rings. The molecule has 0 aliphatic heterocycles. The van der Waals surface area contributed by atoms with Crippen molar-refractivity contribution in [2.45, 2.75) is 45.8 Å². The van der Waals surface area contributed by atoms with Crippen molar-refractivity contribution >= 4 is 16.9 Å². The molecular weight excluding hydrogens is 338 g/mol. The molecule has 27 heavy (non-hydrogen) atoms. The molecule has 0 aliphatic carbocycles. The van der Waals surface area contributed by atoms with Gasteiger partial charge in [-0.1, -0.05) is 12.1 Å². The number of fused-ring (bicyclic) bond motifs is 1. The molecule has 2 N–H and O–H groups in total. The number of hydrogen-bond acceptors (Lipinski definition) is 4. The molecule has 0 bridgehead atoms. The highest BCUT2D eigenvalue weighted by molar-refractivity contribution is 6.00. The summed E-state index contributed by atoms with van der Waals surface area (Å²) >= 11 is 0. The molecule has 0 amide bonds. The first kappa shape index (κ1) is 19.1. The number of hydrogen-bond donors (Lipinski definition) is 1. The summed E-state index contributed by atoms with van der Waals surface area (Å²) in [5.74, 6) is -0.307. The van der Waals surface area contributed by atoms with Crippen LogP contribution in [0, 0.1) is 0 Å². The molecule has 0 saturated carbocycles. The number of aromatic nitrogens is 2. The highest BCUT2D eigenvalue weighted by atomic mass is 16.6. The molecule has 0 spiro atoms. The summed E-state index contributed by atoms with van der Waals surface area (Å²) in [7, 11) is 0. The summed E-state index contributed by atoms with van der Waals surface area (Å²) in [6.45, 7) is 7.14. The number of ether oxygens (including phenoxy) is 1. The molecule has 2 aromatic heterocycles. The third-order valence-corrected chi connectivity index (χ3v) is 4.31. The zero-order valence-electron chi connectivity index (χ0n) is 16.2. The highest BCUT2D eigenvalue weighted by Crippen LogP contribution is 2.31. The van der Waals surface area contributed by atoms with Crippen LogP contribution >= 0.6 is 0 Å². The van der Waals surface area contributed by atoms with Crippen LogP contribution in [0.1, 0.15) is 44.0 Å². The summed E-state index contributed by atoms with van der Waals surface area (Å²) in [6, 6.07) is 11.6. The van der Waals surface area contributed by atoms with Crippen molar-refractivity contribution < 1.29 is 9.53 Å². The van der Waals surface area contributed by atoms with Gasteiger partial charge in [-0.2, -0.15) is 0 Å². The molecule has 5 nitrogen and oxygen atoms in total. The lowest BCUT2D eigenvalue weighted by Gasteiger charge is -2.19. The minimum absolute atomic E-state index is 0.307. The Balaban J connectivity index is 2.04. The Hall–Kier alpha value is -2.66. The number of unbranched alkanes of at least 4 members (excludes halogenated alkanes) is 1. The van der Waals surface area contributed by atoms with Gasteiger partial charge >= 0.3 is 5.97 Å². The quantitative estimate of drug-likeness (QED) is 0.519. The second-order valence-corrected chi connectivity index (χ2v) is 7.68. The van der Waals surface area contributed by atoms with E-state index in [1.807, 2.05) is 57.2 Å². The van der Waals surface area contributed by atoms with E-state index in [9.17, 15) is 4.79 Å². The molecule has 0 unspecified atom stereocenters. The van der Waals surface area contributed by atoms with Crippen molar-refractivity contribution in [3.05, 3.63) is 54.4 Å². The van der Waals surface area contributed by atoms with E-state index in [0.29, 0.717) is 12.1 Å². The molecule has 142 valence electrons. The van der Waals surface area contributed by atoms with E-state index in [-0.39, 0.29) is 5.97 Å². The van der Waals surface area contributed by atoms with E-state index < -0.39 is 5.60 Å². The van der Waals surface area contributed by atoms with E-state index in [4.69, 9.17) is 10.5 Å². The molecule has 0 saturated heterocycles. The van der Waals surface area contributed by atoms with E-state index in [1.165, 1.54) is 0 Å². The number of nitrogens with zero attached hydrogens (tertiary/aromatic N) is 2. The number of rotatable bonds is 6. The van der Waals surface area contributed by atoms with E-state index >= 15 is 0 Å². The Morgan fingerprint density at radius 2 is 2.00 bits per heavy atom. The van der Waals surface area contributed by atoms with Gasteiger partial charge in [-0.05, 0) is 64.4 Å². The van der Waals surface area contributed by atoms with Gasteiger partial charge in [0.05, 0.1) is 11.3 Å². The summed E-state index contributed by atoms with van der Waals surface area (Å²) < 4.78 is 7.71. The van der Waals surface area contributed by atoms with E-state index in [1.54, 1.807) is 6.20 Å². The number of carbonyl (C=O) groups excluding carboxylic acids is 1. The Labute approximate surface area is 160 Å². The second kappa shape index (κ2) is 7.92. The van der Waals surface area contributed by atoms with Gasteiger partial charge in [0.1, 0.15) is 5.60 Å². The van der Waals surface area contributed by atoms with E-state index in [0.717, 1.165) is 41.5 Å². The van der Waals surface area contributed by atoms with Crippen molar-refractivity contribution in [3.63, 3.8) is 0 Å². The zero-order chi connectivity index (χ0) is 19.4. The van der Waals surface area contributed by atoms with Gasteiger partial charge < -0.3 is 15.0 Å². The van der Waals surface area contributed by atoms with Crippen LogP contribution in [0.4, 0.5) is 0 Å². The van der Waals surface area contributed by atoms with Crippen LogP contribution < -0.4 is 5.73 Å². The molecule has 0 atom stereocenters.